The summed E-state index contributed by atoms with van der Waals surface area (Å²) in [6.07, 6.45) is 23.8. The first kappa shape index (κ1) is 89.1. The van der Waals surface area contributed by atoms with Crippen LogP contribution in [0.3, 0.4) is 0 Å². The number of fused-ring (bicyclic) bond motifs is 1. The highest BCUT2D eigenvalue weighted by Crippen LogP contribution is 2.62. The van der Waals surface area contributed by atoms with Gasteiger partial charge in [-0.1, -0.05) is 108 Å². The van der Waals surface area contributed by atoms with Crippen molar-refractivity contribution in [1.82, 2.24) is 0 Å². The van der Waals surface area contributed by atoms with Crippen molar-refractivity contribution in [2.45, 2.75) is 346 Å². The summed E-state index contributed by atoms with van der Waals surface area (Å²) in [5.74, 6) is 4.75. The van der Waals surface area contributed by atoms with Crippen LogP contribution in [0.2, 0.25) is 0 Å². The molecule has 15 heteroatoms. The molecule has 12 bridgehead atoms. The fourth-order valence-electron chi connectivity index (χ4n) is 16.5. The molecule has 0 aromatic heterocycles. The first-order valence-corrected chi connectivity index (χ1v) is 32.9. The van der Waals surface area contributed by atoms with E-state index in [0.717, 1.165) is 88.9 Å². The molecule has 2 heterocycles. The molecule has 0 aromatic rings. The van der Waals surface area contributed by atoms with Gasteiger partial charge in [0.1, 0.15) is 29.0 Å². The average molecular weight is 1300 g/mol. The van der Waals surface area contributed by atoms with E-state index in [1.54, 1.807) is 13.8 Å². The van der Waals surface area contributed by atoms with E-state index >= 15 is 0 Å². The van der Waals surface area contributed by atoms with Gasteiger partial charge in [-0.05, 0) is 263 Å². The van der Waals surface area contributed by atoms with Crippen LogP contribution in [0.1, 0.15) is 317 Å². The lowest BCUT2D eigenvalue weighted by atomic mass is 9.47. The van der Waals surface area contributed by atoms with E-state index in [9.17, 15) is 33.6 Å². The third-order valence-corrected chi connectivity index (χ3v) is 22.9. The van der Waals surface area contributed by atoms with Crippen LogP contribution in [0.15, 0.2) is 0 Å². The van der Waals surface area contributed by atoms with Gasteiger partial charge in [0.2, 0.25) is 6.79 Å². The van der Waals surface area contributed by atoms with E-state index in [1.165, 1.54) is 64.2 Å². The van der Waals surface area contributed by atoms with Crippen molar-refractivity contribution in [2.75, 3.05) is 13.4 Å². The van der Waals surface area contributed by atoms with Crippen LogP contribution in [0.25, 0.3) is 0 Å². The summed E-state index contributed by atoms with van der Waals surface area (Å²) in [7, 11) is 0. The number of carbonyl (C=O) groups excluding carboxylic acids is 7. The minimum absolute atomic E-state index is 0. The smallest absolute Gasteiger partial charge is 0.459 e. The fourth-order valence-corrected chi connectivity index (χ4v) is 16.5. The van der Waals surface area contributed by atoms with E-state index in [0.29, 0.717) is 54.3 Å². The summed E-state index contributed by atoms with van der Waals surface area (Å²) >= 11 is 0. The first-order valence-electron chi connectivity index (χ1n) is 32.9. The van der Waals surface area contributed by atoms with Gasteiger partial charge in [-0.25, -0.2) is 9.59 Å². The number of carbonyl (C=O) groups is 7. The average Bonchev–Trinajstić information content (AvgIpc) is 1.29. The minimum atomic E-state index is -0.700. The van der Waals surface area contributed by atoms with Crippen LogP contribution < -0.4 is 0 Å². The fraction of sp³-hybridized carbons (Fsp3) is 0.908. The Morgan fingerprint density at radius 3 is 1.35 bits per heavy atom. The van der Waals surface area contributed by atoms with Gasteiger partial charge < -0.3 is 37.9 Å². The highest BCUT2D eigenvalue weighted by atomic mass is 16.8. The van der Waals surface area contributed by atoms with E-state index in [-0.39, 0.29) is 142 Å². The van der Waals surface area contributed by atoms with Crippen molar-refractivity contribution in [3.05, 3.63) is 0 Å². The Balaban J connectivity index is 0. The molecule has 11 saturated carbocycles. The van der Waals surface area contributed by atoms with E-state index < -0.39 is 35.0 Å². The molecule has 2 saturated heterocycles. The van der Waals surface area contributed by atoms with Crippen LogP contribution in [-0.2, 0) is 66.7 Å². The SMILES string of the molecule is C.C.C.C.C.C.C.C.CCC(C)(C)C(=O)OC1(C(C)C)C2CC3CC(C2)CC1C3.CCC(C)(C)C(=O)OCC(=O)OC1C2CC3CC(C2)C(=O)OC1C3.CCC(C)(C)C(=O)OCOC(=O)OC12CC3CC(CC(C3)C1)C2.CCC1(OC(=O)C(C)(C)CC)CCCC1. The summed E-state index contributed by atoms with van der Waals surface area (Å²) in [6.45, 7) is 29.0. The van der Waals surface area contributed by atoms with Gasteiger partial charge in [0.15, 0.2) is 6.61 Å². The monoisotopic (exact) mass is 1300 g/mol. The maximum Gasteiger partial charge on any atom is 0.511 e. The Hall–Kier alpha value is -3.91. The van der Waals surface area contributed by atoms with E-state index in [4.69, 9.17) is 37.9 Å². The van der Waals surface area contributed by atoms with Crippen molar-refractivity contribution in [3.8, 4) is 0 Å². The van der Waals surface area contributed by atoms with Gasteiger partial charge in [-0.15, -0.1) is 0 Å². The van der Waals surface area contributed by atoms with E-state index in [2.05, 4.69) is 27.7 Å². The lowest BCUT2D eigenvalue weighted by molar-refractivity contribution is -0.231. The Kier molecular flexibility index (Phi) is 35.0. The third kappa shape index (κ3) is 20.8. The second kappa shape index (κ2) is 35.7. The summed E-state index contributed by atoms with van der Waals surface area (Å²) in [5, 5.41) is 0. The summed E-state index contributed by atoms with van der Waals surface area (Å²) < 4.78 is 44.0. The lowest BCUT2D eigenvalue weighted by Crippen LogP contribution is -2.63. The predicted octanol–water partition coefficient (Wildman–Crippen LogP) is 19.9. The molecule has 11 aliphatic carbocycles. The van der Waals surface area contributed by atoms with Crippen molar-refractivity contribution >= 4 is 42.0 Å². The zero-order valence-electron chi connectivity index (χ0n) is 54.0. The standard InChI is InChI=1S/C19H32O2.C18H26O6.C18H28O5.C13H24O2.8CH4/c1-6-18(4,5)17(20)21-19(12(2)3)15-8-13-7-14(10-15)11-16(19)9-13;1-4-18(2,3)17(21)22-9-14(19)24-15-11-5-10-6-12(8-11)16(20)23-13(15)7-10;1-4-17(2,3)15(19)21-11-22-16(20)23-18-8-12-5-13(9-18)7-14(6-12)10-18;1-5-12(3,4)11(14)15-13(6-2)9-7-8-10-13;;;;;;;;/h12-16H,6-11H2,1-5H3;10-13,15H,4-9H2,1-3H3;12-14H,4-11H2,1-3H3;5-10H2,1-4H3;8*1H4. The van der Waals surface area contributed by atoms with Gasteiger partial charge in [0.05, 0.1) is 27.6 Å². The highest BCUT2D eigenvalue weighted by Gasteiger charge is 2.62. The molecular weight excluding hydrogens is 1150 g/mol. The largest absolute Gasteiger partial charge is 0.511 e. The third-order valence-electron chi connectivity index (χ3n) is 22.9. The summed E-state index contributed by atoms with van der Waals surface area (Å²) in [4.78, 5) is 84.7. The molecule has 13 aliphatic rings. The topological polar surface area (TPSA) is 193 Å². The lowest BCUT2D eigenvalue weighted by Gasteiger charge is -2.62. The van der Waals surface area contributed by atoms with Crippen molar-refractivity contribution < 1.29 is 71.5 Å². The van der Waals surface area contributed by atoms with Gasteiger partial charge in [0, 0.05) is 5.92 Å². The van der Waals surface area contributed by atoms with Crippen LogP contribution >= 0.6 is 0 Å². The molecule has 0 amide bonds. The molecule has 5 atom stereocenters. The molecular formula is C76H142O15. The quantitative estimate of drug-likeness (QED) is 0.0714. The zero-order valence-corrected chi connectivity index (χ0v) is 54.0. The second-order valence-electron chi connectivity index (χ2n) is 30.7. The van der Waals surface area contributed by atoms with Crippen LogP contribution in [0, 0.1) is 86.8 Å². The van der Waals surface area contributed by atoms with E-state index in [1.807, 2.05) is 62.3 Å². The van der Waals surface area contributed by atoms with Crippen molar-refractivity contribution in [3.63, 3.8) is 0 Å². The molecule has 5 unspecified atom stereocenters. The molecule has 15 nitrogen and oxygen atoms in total. The molecule has 536 valence electrons. The molecule has 0 spiro atoms. The molecule has 13 fully saturated rings. The summed E-state index contributed by atoms with van der Waals surface area (Å²) in [5.41, 5.74) is -2.48. The maximum absolute atomic E-state index is 12.8. The molecule has 0 radical (unpaired) electrons. The number of hydrogen-bond donors (Lipinski definition) is 0. The predicted molar refractivity (Wildman–Crippen MR) is 368 cm³/mol. The second-order valence-corrected chi connectivity index (χ2v) is 30.7. The molecule has 91 heavy (non-hydrogen) atoms. The number of rotatable bonds is 18. The van der Waals surface area contributed by atoms with Gasteiger partial charge >= 0.3 is 42.0 Å². The Morgan fingerprint density at radius 2 is 0.912 bits per heavy atom. The number of ether oxygens (including phenoxy) is 8. The molecule has 0 aromatic carbocycles. The van der Waals surface area contributed by atoms with Gasteiger partial charge in [-0.3, -0.25) is 24.0 Å². The Labute approximate surface area is 557 Å². The Bertz CT molecular complexity index is 2220. The molecule has 2 aliphatic heterocycles. The van der Waals surface area contributed by atoms with Crippen LogP contribution in [-0.4, -0.2) is 84.4 Å². The number of hydrogen-bond acceptors (Lipinski definition) is 15. The van der Waals surface area contributed by atoms with Crippen molar-refractivity contribution in [1.29, 1.82) is 0 Å². The first-order chi connectivity index (χ1) is 38.9. The van der Waals surface area contributed by atoms with Gasteiger partial charge in [0.25, 0.3) is 0 Å². The molecule has 0 N–H and O–H groups in total. The minimum Gasteiger partial charge on any atom is -0.459 e. The summed E-state index contributed by atoms with van der Waals surface area (Å²) in [6, 6.07) is 0. The highest BCUT2D eigenvalue weighted by molar-refractivity contribution is 5.80. The molecule has 13 rings (SSSR count). The zero-order chi connectivity index (χ0) is 61.1. The van der Waals surface area contributed by atoms with Crippen molar-refractivity contribution in [2.24, 2.45) is 86.8 Å². The number of esters is 6. The van der Waals surface area contributed by atoms with Gasteiger partial charge in [-0.2, -0.15) is 0 Å². The normalized spacial score (nSPS) is 30.9. The van der Waals surface area contributed by atoms with Crippen LogP contribution in [0.4, 0.5) is 4.79 Å². The maximum atomic E-state index is 12.8. The van der Waals surface area contributed by atoms with Crippen LogP contribution in [0.5, 0.6) is 0 Å². The Morgan fingerprint density at radius 1 is 0.495 bits per heavy atom.